The summed E-state index contributed by atoms with van der Waals surface area (Å²) in [6.07, 6.45) is 0. The van der Waals surface area contributed by atoms with Crippen molar-refractivity contribution >= 4 is 58.1 Å². The maximum Gasteiger partial charge on any atom is 0.380 e. The van der Waals surface area contributed by atoms with Crippen LogP contribution >= 0.6 is 34.8 Å². The van der Waals surface area contributed by atoms with Crippen molar-refractivity contribution in [1.82, 2.24) is 9.78 Å². The summed E-state index contributed by atoms with van der Waals surface area (Å²) in [6.45, 7) is 2.59. The van der Waals surface area contributed by atoms with Gasteiger partial charge in [-0.05, 0) is 26.0 Å². The van der Waals surface area contributed by atoms with E-state index in [4.69, 9.17) is 39.5 Å². The lowest BCUT2D eigenvalue weighted by Crippen LogP contribution is -2.25. The van der Waals surface area contributed by atoms with Crippen LogP contribution < -0.4 is 5.32 Å². The summed E-state index contributed by atoms with van der Waals surface area (Å²) in [4.78, 5) is 36.0. The molecule has 1 aromatic carbocycles. The van der Waals surface area contributed by atoms with E-state index in [1.165, 1.54) is 16.8 Å². The quantitative estimate of drug-likeness (QED) is 0.348. The van der Waals surface area contributed by atoms with Gasteiger partial charge in [0.1, 0.15) is 0 Å². The number of halogens is 3. The Labute approximate surface area is 164 Å². The van der Waals surface area contributed by atoms with Gasteiger partial charge in [-0.1, -0.05) is 34.8 Å². The zero-order valence-electron chi connectivity index (χ0n) is 14.0. The van der Waals surface area contributed by atoms with E-state index in [0.717, 1.165) is 0 Å². The number of esters is 1. The summed E-state index contributed by atoms with van der Waals surface area (Å²) in [6, 6.07) is 2.73. The van der Waals surface area contributed by atoms with E-state index in [0.29, 0.717) is 11.4 Å². The third-order valence-electron chi connectivity index (χ3n) is 3.54. The molecule has 2 aromatic rings. The number of nitrogens with zero attached hydrogens (tertiary/aromatic N) is 2. The van der Waals surface area contributed by atoms with E-state index in [1.807, 2.05) is 0 Å². The highest BCUT2D eigenvalue weighted by Crippen LogP contribution is 2.32. The average molecular weight is 419 g/mol. The number of carbonyl (C=O) groups excluding carboxylic acids is 3. The molecule has 26 heavy (non-hydrogen) atoms. The van der Waals surface area contributed by atoms with Crippen LogP contribution in [0.25, 0.3) is 0 Å². The van der Waals surface area contributed by atoms with Crippen molar-refractivity contribution in [3.05, 3.63) is 44.2 Å². The molecule has 1 aromatic heterocycles. The Kier molecular flexibility index (Phi) is 6.28. The topological polar surface area (TPSA) is 90.3 Å². The molecule has 0 aliphatic heterocycles. The molecule has 0 saturated heterocycles. The fraction of sp³-hybridized carbons (Fsp3) is 0.250. The first kappa shape index (κ1) is 20.2. The highest BCUT2D eigenvalue weighted by Gasteiger charge is 2.25. The number of benzene rings is 1. The van der Waals surface area contributed by atoms with Gasteiger partial charge < -0.3 is 10.1 Å². The number of nitrogens with one attached hydrogen (secondary N) is 1. The van der Waals surface area contributed by atoms with E-state index < -0.39 is 24.3 Å². The smallest absolute Gasteiger partial charge is 0.380 e. The van der Waals surface area contributed by atoms with Crippen LogP contribution in [0.15, 0.2) is 12.1 Å². The Morgan fingerprint density at radius 3 is 2.31 bits per heavy atom. The molecule has 0 unspecified atom stereocenters. The van der Waals surface area contributed by atoms with Crippen LogP contribution in [-0.4, -0.2) is 34.0 Å². The lowest BCUT2D eigenvalue weighted by molar-refractivity contribution is -0.142. The third kappa shape index (κ3) is 4.35. The number of ether oxygens (including phenoxy) is 1. The van der Waals surface area contributed by atoms with Gasteiger partial charge in [0.2, 0.25) is 0 Å². The zero-order valence-corrected chi connectivity index (χ0v) is 16.3. The van der Waals surface area contributed by atoms with Crippen LogP contribution in [0.5, 0.6) is 0 Å². The Balaban J connectivity index is 2.00. The number of Topliss-reactive ketones (excluding diaryl/α,β-unsaturated/α-hetero) is 1. The van der Waals surface area contributed by atoms with Crippen molar-refractivity contribution in [3.63, 3.8) is 0 Å². The number of hydrogen-bond donors (Lipinski definition) is 1. The normalized spacial score (nSPS) is 10.5. The van der Waals surface area contributed by atoms with E-state index in [9.17, 15) is 14.4 Å². The monoisotopic (exact) mass is 417 g/mol. The van der Waals surface area contributed by atoms with Gasteiger partial charge in [0.05, 0.1) is 32.0 Å². The molecule has 138 valence electrons. The molecule has 0 aliphatic carbocycles. The Morgan fingerprint density at radius 2 is 1.73 bits per heavy atom. The second kappa shape index (κ2) is 8.07. The summed E-state index contributed by atoms with van der Waals surface area (Å²) < 4.78 is 6.25. The van der Waals surface area contributed by atoms with Gasteiger partial charge in [0.15, 0.2) is 6.61 Å². The summed E-state index contributed by atoms with van der Waals surface area (Å²) in [5, 5.41) is 7.07. The number of ketones is 1. The first-order chi connectivity index (χ1) is 12.1. The van der Waals surface area contributed by atoms with Crippen molar-refractivity contribution in [3.8, 4) is 0 Å². The highest BCUT2D eigenvalue weighted by molar-refractivity contribution is 6.44. The second-order valence-corrected chi connectivity index (χ2v) is 6.59. The third-order valence-corrected chi connectivity index (χ3v) is 4.57. The molecule has 1 N–H and O–H groups in total. The fourth-order valence-corrected chi connectivity index (χ4v) is 2.80. The van der Waals surface area contributed by atoms with E-state index in [-0.39, 0.29) is 26.3 Å². The van der Waals surface area contributed by atoms with Gasteiger partial charge in [-0.25, -0.2) is 4.79 Å². The molecule has 0 spiro atoms. The number of amides is 1. The Bertz CT molecular complexity index is 909. The summed E-state index contributed by atoms with van der Waals surface area (Å²) in [7, 11) is 1.65. The summed E-state index contributed by atoms with van der Waals surface area (Å²) in [5.74, 6) is -2.71. The van der Waals surface area contributed by atoms with Crippen LogP contribution in [0.3, 0.4) is 0 Å². The van der Waals surface area contributed by atoms with E-state index >= 15 is 0 Å². The minimum absolute atomic E-state index is 0.158. The van der Waals surface area contributed by atoms with Crippen LogP contribution in [0.1, 0.15) is 21.7 Å². The van der Waals surface area contributed by atoms with Crippen molar-refractivity contribution < 1.29 is 19.1 Å². The fourth-order valence-electron chi connectivity index (χ4n) is 2.21. The molecular formula is C16H14Cl3N3O4. The molecule has 0 fully saturated rings. The summed E-state index contributed by atoms with van der Waals surface area (Å²) >= 11 is 17.6. The van der Waals surface area contributed by atoms with Gasteiger partial charge in [-0.15, -0.1) is 0 Å². The van der Waals surface area contributed by atoms with Gasteiger partial charge in [0.25, 0.3) is 11.7 Å². The molecule has 2 rings (SSSR count). The first-order valence-corrected chi connectivity index (χ1v) is 8.41. The molecule has 1 heterocycles. The van der Waals surface area contributed by atoms with Gasteiger partial charge in [0, 0.05) is 12.7 Å². The molecule has 1 amide bonds. The Hall–Kier alpha value is -2.09. The summed E-state index contributed by atoms with van der Waals surface area (Å²) in [5.41, 5.74) is 1.29. The lowest BCUT2D eigenvalue weighted by atomic mass is 10.1. The number of aryl methyl sites for hydroxylation is 2. The maximum atomic E-state index is 12.2. The van der Waals surface area contributed by atoms with Crippen molar-refractivity contribution in [2.75, 3.05) is 11.9 Å². The van der Waals surface area contributed by atoms with Crippen LogP contribution in [0.4, 0.5) is 5.69 Å². The predicted octanol–water partition coefficient (Wildman–Crippen LogP) is 3.36. The zero-order chi connectivity index (χ0) is 19.6. The van der Waals surface area contributed by atoms with Crippen LogP contribution in [0.2, 0.25) is 15.1 Å². The number of anilines is 1. The number of aromatic nitrogens is 2. The molecule has 7 nitrogen and oxygen atoms in total. The number of carbonyl (C=O) groups is 3. The van der Waals surface area contributed by atoms with Gasteiger partial charge in [-0.2, -0.15) is 5.10 Å². The minimum atomic E-state index is -1.15. The molecule has 0 radical (unpaired) electrons. The number of rotatable bonds is 5. The number of hydrogen-bond acceptors (Lipinski definition) is 5. The van der Waals surface area contributed by atoms with Gasteiger partial charge in [-0.3, -0.25) is 14.3 Å². The molecule has 0 atom stereocenters. The second-order valence-electron chi connectivity index (χ2n) is 5.37. The maximum absolute atomic E-state index is 12.2. The first-order valence-electron chi connectivity index (χ1n) is 7.27. The van der Waals surface area contributed by atoms with E-state index in [2.05, 4.69) is 10.4 Å². The van der Waals surface area contributed by atoms with E-state index in [1.54, 1.807) is 20.9 Å². The van der Waals surface area contributed by atoms with Crippen LogP contribution in [-0.2, 0) is 21.4 Å². The molecule has 0 aliphatic rings. The van der Waals surface area contributed by atoms with Crippen molar-refractivity contribution in [1.29, 1.82) is 0 Å². The van der Waals surface area contributed by atoms with Crippen molar-refractivity contribution in [2.24, 2.45) is 7.05 Å². The minimum Gasteiger partial charge on any atom is -0.450 e. The van der Waals surface area contributed by atoms with Crippen molar-refractivity contribution in [2.45, 2.75) is 13.8 Å². The SMILES string of the molecule is Cc1nn(C)c(C)c1C(=O)C(=O)OCC(=O)Nc1cc(Cl)c(Cl)cc1Cl. The molecule has 0 bridgehead atoms. The molecular weight excluding hydrogens is 405 g/mol. The average Bonchev–Trinajstić information content (AvgIpc) is 2.82. The predicted molar refractivity (Wildman–Crippen MR) is 98.1 cm³/mol. The van der Waals surface area contributed by atoms with Crippen LogP contribution in [0, 0.1) is 13.8 Å². The standard InChI is InChI=1S/C16H14Cl3N3O4/c1-7-14(8(2)22(3)21-7)15(24)16(25)26-6-13(23)20-12-5-10(18)9(17)4-11(12)19/h4-5H,6H2,1-3H3,(H,20,23). The van der Waals surface area contributed by atoms with Gasteiger partial charge >= 0.3 is 5.97 Å². The largest absolute Gasteiger partial charge is 0.450 e. The molecule has 10 heteroatoms. The Morgan fingerprint density at radius 1 is 1.12 bits per heavy atom. The molecule has 0 saturated carbocycles. The lowest BCUT2D eigenvalue weighted by Gasteiger charge is -2.09. The highest BCUT2D eigenvalue weighted by atomic mass is 35.5.